The maximum Gasteiger partial charge on any atom is 0.419 e. The van der Waals surface area contributed by atoms with Gasteiger partial charge in [0.1, 0.15) is 11.6 Å². The Labute approximate surface area is 147 Å². The first kappa shape index (κ1) is 16.6. The van der Waals surface area contributed by atoms with Crippen LogP contribution in [0.25, 0.3) is 0 Å². The highest BCUT2D eigenvalue weighted by molar-refractivity contribution is 7.09. The van der Waals surface area contributed by atoms with Crippen LogP contribution in [0.1, 0.15) is 24.2 Å². The molecule has 134 valence electrons. The number of piperidine rings is 1. The summed E-state index contributed by atoms with van der Waals surface area (Å²) in [6.07, 6.45) is -1.05. The molecule has 2 atom stereocenters. The molecule has 0 N–H and O–H groups in total. The van der Waals surface area contributed by atoms with Crippen molar-refractivity contribution in [2.45, 2.75) is 32.0 Å². The third-order valence-corrected chi connectivity index (χ3v) is 5.86. The smallest absolute Gasteiger partial charge is 0.354 e. The SMILES string of the molecule is Cc1nsc(N2CCC3CCN(c4ncccc4C(F)(F)F)CC32)n1. The molecule has 0 radical (unpaired) electrons. The van der Waals surface area contributed by atoms with Crippen molar-refractivity contribution in [3.8, 4) is 0 Å². The zero-order valence-corrected chi connectivity index (χ0v) is 14.5. The first-order valence-corrected chi connectivity index (χ1v) is 9.05. The molecule has 4 rings (SSSR count). The van der Waals surface area contributed by atoms with Gasteiger partial charge in [-0.25, -0.2) is 9.97 Å². The molecule has 2 saturated heterocycles. The normalized spacial score (nSPS) is 23.8. The number of hydrogen-bond acceptors (Lipinski definition) is 6. The summed E-state index contributed by atoms with van der Waals surface area (Å²) in [5, 5.41) is 0.865. The summed E-state index contributed by atoms with van der Waals surface area (Å²) < 4.78 is 44.2. The maximum absolute atomic E-state index is 13.3. The molecule has 4 heterocycles. The van der Waals surface area contributed by atoms with Crippen LogP contribution in [0.15, 0.2) is 18.3 Å². The van der Waals surface area contributed by atoms with Gasteiger partial charge >= 0.3 is 6.18 Å². The van der Waals surface area contributed by atoms with Gasteiger partial charge in [0, 0.05) is 37.4 Å². The average molecular weight is 369 g/mol. The van der Waals surface area contributed by atoms with Crippen LogP contribution >= 0.6 is 11.5 Å². The summed E-state index contributed by atoms with van der Waals surface area (Å²) in [4.78, 5) is 12.5. The zero-order chi connectivity index (χ0) is 17.6. The predicted octanol–water partition coefficient (Wildman–Crippen LogP) is 3.37. The second-order valence-corrected chi connectivity index (χ2v) is 7.27. The van der Waals surface area contributed by atoms with Crippen molar-refractivity contribution >= 4 is 22.5 Å². The van der Waals surface area contributed by atoms with Crippen LogP contribution in [0, 0.1) is 12.8 Å². The molecule has 0 spiro atoms. The molecular formula is C16H18F3N5S. The molecule has 2 aromatic rings. The van der Waals surface area contributed by atoms with Crippen LogP contribution in [0.4, 0.5) is 24.1 Å². The molecule has 9 heteroatoms. The number of aryl methyl sites for hydroxylation is 1. The van der Waals surface area contributed by atoms with Gasteiger partial charge in [-0.15, -0.1) is 0 Å². The van der Waals surface area contributed by atoms with Gasteiger partial charge in [0.05, 0.1) is 11.6 Å². The molecule has 2 aliphatic heterocycles. The second-order valence-electron chi connectivity index (χ2n) is 6.54. The number of anilines is 2. The molecule has 2 fully saturated rings. The lowest BCUT2D eigenvalue weighted by Crippen LogP contribution is -2.49. The van der Waals surface area contributed by atoms with E-state index in [-0.39, 0.29) is 11.9 Å². The molecule has 25 heavy (non-hydrogen) atoms. The number of alkyl halides is 3. The Morgan fingerprint density at radius 1 is 1.24 bits per heavy atom. The van der Waals surface area contributed by atoms with E-state index in [1.807, 2.05) is 6.92 Å². The molecule has 0 aliphatic carbocycles. The summed E-state index contributed by atoms with van der Waals surface area (Å²) in [7, 11) is 0. The highest BCUT2D eigenvalue weighted by Gasteiger charge is 2.42. The Morgan fingerprint density at radius 2 is 2.04 bits per heavy atom. The van der Waals surface area contributed by atoms with Gasteiger partial charge in [0.15, 0.2) is 0 Å². The fourth-order valence-electron chi connectivity index (χ4n) is 3.84. The second kappa shape index (κ2) is 6.12. The summed E-state index contributed by atoms with van der Waals surface area (Å²) in [6.45, 7) is 3.87. The van der Waals surface area contributed by atoms with E-state index in [2.05, 4.69) is 19.2 Å². The number of pyridine rings is 1. The molecule has 5 nitrogen and oxygen atoms in total. The van der Waals surface area contributed by atoms with Gasteiger partial charge in [-0.2, -0.15) is 17.5 Å². The number of fused-ring (bicyclic) bond motifs is 1. The third-order valence-electron chi connectivity index (χ3n) is 5.02. The van der Waals surface area contributed by atoms with Crippen molar-refractivity contribution in [1.82, 2.24) is 14.3 Å². The van der Waals surface area contributed by atoms with Gasteiger partial charge in [0.25, 0.3) is 0 Å². The predicted molar refractivity (Wildman–Crippen MR) is 90.0 cm³/mol. The fourth-order valence-corrected chi connectivity index (χ4v) is 4.60. The molecular weight excluding hydrogens is 351 g/mol. The lowest BCUT2D eigenvalue weighted by molar-refractivity contribution is -0.137. The fraction of sp³-hybridized carbons (Fsp3) is 0.562. The summed E-state index contributed by atoms with van der Waals surface area (Å²) in [5.74, 6) is 1.26. The Kier molecular flexibility index (Phi) is 4.05. The molecule has 0 saturated carbocycles. The lowest BCUT2D eigenvalue weighted by atomic mass is 9.92. The van der Waals surface area contributed by atoms with Crippen LogP contribution in [0.5, 0.6) is 0 Å². The first-order valence-electron chi connectivity index (χ1n) is 8.27. The summed E-state index contributed by atoms with van der Waals surface area (Å²) in [5.41, 5.74) is -0.662. The first-order chi connectivity index (χ1) is 11.9. The van der Waals surface area contributed by atoms with Gasteiger partial charge in [-0.05, 0) is 37.8 Å². The van der Waals surface area contributed by atoms with E-state index in [1.54, 1.807) is 4.90 Å². The lowest BCUT2D eigenvalue weighted by Gasteiger charge is -2.39. The van der Waals surface area contributed by atoms with E-state index in [0.717, 1.165) is 36.4 Å². The minimum absolute atomic E-state index is 0.0359. The standard InChI is InChI=1S/C16H18F3N5S/c1-10-21-15(25-22-10)24-8-5-11-4-7-23(9-13(11)24)14-12(16(17,18)19)3-2-6-20-14/h2-3,6,11,13H,4-5,7-9H2,1H3. The minimum atomic E-state index is -4.40. The minimum Gasteiger partial charge on any atom is -0.354 e. The topological polar surface area (TPSA) is 45.2 Å². The van der Waals surface area contributed by atoms with E-state index in [9.17, 15) is 13.2 Å². The van der Waals surface area contributed by atoms with Crippen LogP contribution in [-0.2, 0) is 6.18 Å². The Morgan fingerprint density at radius 3 is 2.76 bits per heavy atom. The molecule has 0 bridgehead atoms. The third kappa shape index (κ3) is 3.05. The number of nitrogens with zero attached hydrogens (tertiary/aromatic N) is 5. The Bertz CT molecular complexity index is 762. The number of hydrogen-bond donors (Lipinski definition) is 0. The van der Waals surface area contributed by atoms with E-state index in [4.69, 9.17) is 0 Å². The number of rotatable bonds is 2. The molecule has 0 aromatic carbocycles. The monoisotopic (exact) mass is 369 g/mol. The van der Waals surface area contributed by atoms with Crippen LogP contribution in [0.2, 0.25) is 0 Å². The van der Waals surface area contributed by atoms with Gasteiger partial charge in [-0.3, -0.25) is 0 Å². The maximum atomic E-state index is 13.3. The Balaban J connectivity index is 1.61. The van der Waals surface area contributed by atoms with Gasteiger partial charge in [0.2, 0.25) is 5.13 Å². The van der Waals surface area contributed by atoms with E-state index < -0.39 is 11.7 Å². The van der Waals surface area contributed by atoms with E-state index >= 15 is 0 Å². The van der Waals surface area contributed by atoms with Crippen LogP contribution in [-0.4, -0.2) is 40.0 Å². The highest BCUT2D eigenvalue weighted by Crippen LogP contribution is 2.40. The van der Waals surface area contributed by atoms with Crippen molar-refractivity contribution < 1.29 is 13.2 Å². The van der Waals surface area contributed by atoms with E-state index in [1.165, 1.54) is 23.8 Å². The average Bonchev–Trinajstić information content (AvgIpc) is 3.19. The van der Waals surface area contributed by atoms with Gasteiger partial charge < -0.3 is 9.80 Å². The van der Waals surface area contributed by atoms with Crippen molar-refractivity contribution in [3.63, 3.8) is 0 Å². The van der Waals surface area contributed by atoms with Crippen molar-refractivity contribution in [2.75, 3.05) is 29.4 Å². The summed E-state index contributed by atoms with van der Waals surface area (Å²) >= 11 is 1.36. The van der Waals surface area contributed by atoms with Crippen molar-refractivity contribution in [3.05, 3.63) is 29.7 Å². The Hall–Kier alpha value is -1.90. The van der Waals surface area contributed by atoms with E-state index in [0.29, 0.717) is 19.0 Å². The van der Waals surface area contributed by atoms with Crippen LogP contribution in [0.3, 0.4) is 0 Å². The number of aromatic nitrogens is 3. The quantitative estimate of drug-likeness (QED) is 0.812. The molecule has 2 unspecified atom stereocenters. The highest BCUT2D eigenvalue weighted by atomic mass is 32.1. The van der Waals surface area contributed by atoms with Crippen molar-refractivity contribution in [1.29, 1.82) is 0 Å². The van der Waals surface area contributed by atoms with Crippen LogP contribution < -0.4 is 9.80 Å². The van der Waals surface area contributed by atoms with Gasteiger partial charge in [-0.1, -0.05) is 0 Å². The number of halogens is 3. The largest absolute Gasteiger partial charge is 0.419 e. The molecule has 0 amide bonds. The van der Waals surface area contributed by atoms with Crippen molar-refractivity contribution in [2.24, 2.45) is 5.92 Å². The molecule has 2 aliphatic rings. The summed E-state index contributed by atoms with van der Waals surface area (Å²) in [6, 6.07) is 2.60. The zero-order valence-electron chi connectivity index (χ0n) is 13.7. The molecule has 2 aromatic heterocycles.